The minimum absolute atomic E-state index is 0.110. The number of carbonyl (C=O) groups is 2. The van der Waals surface area contributed by atoms with Crippen molar-refractivity contribution in [2.75, 3.05) is 0 Å². The average Bonchev–Trinajstić information content (AvgIpc) is 2.88. The van der Waals surface area contributed by atoms with E-state index in [0.29, 0.717) is 6.42 Å². The SMILES string of the molecule is Cc1cccc(C23CC2C(=O)NC3=O)c1. The van der Waals surface area contributed by atoms with E-state index in [2.05, 4.69) is 5.32 Å². The summed E-state index contributed by atoms with van der Waals surface area (Å²) >= 11 is 0. The Labute approximate surface area is 87.5 Å². The van der Waals surface area contributed by atoms with Crippen molar-refractivity contribution in [2.45, 2.75) is 18.8 Å². The maximum Gasteiger partial charge on any atom is 0.238 e. The maximum absolute atomic E-state index is 11.7. The van der Waals surface area contributed by atoms with Crippen LogP contribution in [0, 0.1) is 12.8 Å². The van der Waals surface area contributed by atoms with Crippen molar-refractivity contribution >= 4 is 11.8 Å². The van der Waals surface area contributed by atoms with Gasteiger partial charge in [-0.2, -0.15) is 0 Å². The molecule has 1 saturated heterocycles. The molecule has 1 aliphatic heterocycles. The number of carbonyl (C=O) groups excluding carboxylic acids is 2. The summed E-state index contributed by atoms with van der Waals surface area (Å²) in [5.74, 6) is -0.351. The standard InChI is InChI=1S/C12H11NO2/c1-7-3-2-4-8(5-7)12-6-9(12)10(14)13-11(12)15/h2-5,9H,6H2,1H3,(H,13,14,15). The second kappa shape index (κ2) is 2.48. The molecule has 2 fully saturated rings. The van der Waals surface area contributed by atoms with Gasteiger partial charge in [-0.3, -0.25) is 14.9 Å². The monoisotopic (exact) mass is 201 g/mol. The summed E-state index contributed by atoms with van der Waals surface area (Å²) in [6.45, 7) is 1.99. The molecule has 76 valence electrons. The molecule has 2 unspecified atom stereocenters. The second-order valence-corrected chi connectivity index (χ2v) is 4.42. The largest absolute Gasteiger partial charge is 0.295 e. The fourth-order valence-corrected chi connectivity index (χ4v) is 2.51. The lowest BCUT2D eigenvalue weighted by atomic mass is 9.93. The first-order chi connectivity index (χ1) is 7.14. The molecule has 2 atom stereocenters. The van der Waals surface area contributed by atoms with Crippen molar-refractivity contribution in [3.05, 3.63) is 35.4 Å². The van der Waals surface area contributed by atoms with Gasteiger partial charge >= 0.3 is 0 Å². The van der Waals surface area contributed by atoms with Gasteiger partial charge in [-0.05, 0) is 18.9 Å². The van der Waals surface area contributed by atoms with Gasteiger partial charge in [0.2, 0.25) is 11.8 Å². The fourth-order valence-electron chi connectivity index (χ4n) is 2.51. The van der Waals surface area contributed by atoms with Crippen LogP contribution < -0.4 is 5.32 Å². The summed E-state index contributed by atoms with van der Waals surface area (Å²) in [5, 5.41) is 2.40. The zero-order chi connectivity index (χ0) is 10.6. The van der Waals surface area contributed by atoms with E-state index in [1.807, 2.05) is 31.2 Å². The molecule has 3 nitrogen and oxygen atoms in total. The Hall–Kier alpha value is -1.64. The Bertz CT molecular complexity index is 480. The number of hydrogen-bond donors (Lipinski definition) is 1. The second-order valence-electron chi connectivity index (χ2n) is 4.42. The number of fused-ring (bicyclic) bond motifs is 1. The summed E-state index contributed by atoms with van der Waals surface area (Å²) in [4.78, 5) is 23.1. The minimum atomic E-state index is -0.525. The van der Waals surface area contributed by atoms with Crippen molar-refractivity contribution in [3.8, 4) is 0 Å². The highest BCUT2D eigenvalue weighted by atomic mass is 16.2. The number of aryl methyl sites for hydroxylation is 1. The summed E-state index contributed by atoms with van der Waals surface area (Å²) < 4.78 is 0. The number of hydrogen-bond acceptors (Lipinski definition) is 2. The normalized spacial score (nSPS) is 32.5. The molecule has 3 rings (SSSR count). The number of piperidine rings is 1. The molecule has 2 amide bonds. The molecule has 15 heavy (non-hydrogen) atoms. The van der Waals surface area contributed by atoms with Gasteiger partial charge in [-0.15, -0.1) is 0 Å². The van der Waals surface area contributed by atoms with E-state index >= 15 is 0 Å². The topological polar surface area (TPSA) is 46.2 Å². The van der Waals surface area contributed by atoms with Crippen LogP contribution in [0.4, 0.5) is 0 Å². The minimum Gasteiger partial charge on any atom is -0.295 e. The summed E-state index contributed by atoms with van der Waals surface area (Å²) in [6, 6.07) is 7.86. The van der Waals surface area contributed by atoms with Crippen molar-refractivity contribution in [2.24, 2.45) is 5.92 Å². The first-order valence-corrected chi connectivity index (χ1v) is 5.07. The van der Waals surface area contributed by atoms with Gasteiger partial charge in [0, 0.05) is 0 Å². The van der Waals surface area contributed by atoms with Crippen LogP contribution in [0.15, 0.2) is 24.3 Å². The third-order valence-corrected chi connectivity index (χ3v) is 3.45. The quantitative estimate of drug-likeness (QED) is 0.686. The van der Waals surface area contributed by atoms with Crippen LogP contribution in [0.1, 0.15) is 17.5 Å². The molecule has 1 aliphatic carbocycles. The fraction of sp³-hybridized carbons (Fsp3) is 0.333. The van der Waals surface area contributed by atoms with Gasteiger partial charge < -0.3 is 0 Å². The van der Waals surface area contributed by atoms with E-state index in [0.717, 1.165) is 11.1 Å². The lowest BCUT2D eigenvalue weighted by Crippen LogP contribution is -2.30. The zero-order valence-corrected chi connectivity index (χ0v) is 8.41. The number of nitrogens with one attached hydrogen (secondary N) is 1. The van der Waals surface area contributed by atoms with Gasteiger partial charge in [0.05, 0.1) is 11.3 Å². The van der Waals surface area contributed by atoms with Crippen LogP contribution in [0.25, 0.3) is 0 Å². The summed E-state index contributed by atoms with van der Waals surface area (Å²) in [7, 11) is 0. The van der Waals surface area contributed by atoms with Crippen LogP contribution in [0.2, 0.25) is 0 Å². The molecule has 1 N–H and O–H groups in total. The predicted octanol–water partition coefficient (Wildman–Crippen LogP) is 0.909. The first-order valence-electron chi connectivity index (χ1n) is 5.07. The van der Waals surface area contributed by atoms with E-state index in [9.17, 15) is 9.59 Å². The molecule has 0 spiro atoms. The third kappa shape index (κ3) is 0.950. The summed E-state index contributed by atoms with van der Waals surface area (Å²) in [5.41, 5.74) is 1.58. The van der Waals surface area contributed by atoms with E-state index < -0.39 is 5.41 Å². The van der Waals surface area contributed by atoms with Gasteiger partial charge in [0.1, 0.15) is 0 Å². The smallest absolute Gasteiger partial charge is 0.238 e. The lowest BCUT2D eigenvalue weighted by molar-refractivity contribution is -0.127. The zero-order valence-electron chi connectivity index (χ0n) is 8.41. The molecular formula is C12H11NO2. The van der Waals surface area contributed by atoms with Gasteiger partial charge in [0.25, 0.3) is 0 Å². The first kappa shape index (κ1) is 8.65. The van der Waals surface area contributed by atoms with Gasteiger partial charge in [-0.25, -0.2) is 0 Å². The van der Waals surface area contributed by atoms with Gasteiger partial charge in [-0.1, -0.05) is 29.8 Å². The molecule has 2 aliphatic rings. The van der Waals surface area contributed by atoms with Crippen molar-refractivity contribution in [1.82, 2.24) is 5.32 Å². The summed E-state index contributed by atoms with van der Waals surface area (Å²) in [6.07, 6.45) is 0.682. The molecule has 0 radical (unpaired) electrons. The van der Waals surface area contributed by atoms with Crippen LogP contribution in [-0.4, -0.2) is 11.8 Å². The molecule has 3 heteroatoms. The molecular weight excluding hydrogens is 190 g/mol. The Kier molecular flexibility index (Phi) is 1.43. The van der Waals surface area contributed by atoms with Crippen molar-refractivity contribution in [1.29, 1.82) is 0 Å². The number of rotatable bonds is 1. The molecule has 1 aromatic rings. The Morgan fingerprint density at radius 2 is 2.20 bits per heavy atom. The van der Waals surface area contributed by atoms with E-state index in [4.69, 9.17) is 0 Å². The average molecular weight is 201 g/mol. The van der Waals surface area contributed by atoms with Crippen molar-refractivity contribution < 1.29 is 9.59 Å². The van der Waals surface area contributed by atoms with Crippen LogP contribution in [-0.2, 0) is 15.0 Å². The number of benzene rings is 1. The third-order valence-electron chi connectivity index (χ3n) is 3.45. The van der Waals surface area contributed by atoms with Crippen LogP contribution >= 0.6 is 0 Å². The highest BCUT2D eigenvalue weighted by Gasteiger charge is 2.69. The number of amides is 2. The van der Waals surface area contributed by atoms with Crippen LogP contribution in [0.3, 0.4) is 0 Å². The molecule has 0 aromatic heterocycles. The highest BCUT2D eigenvalue weighted by Crippen LogP contribution is 2.57. The van der Waals surface area contributed by atoms with Crippen LogP contribution in [0.5, 0.6) is 0 Å². The Balaban J connectivity index is 2.09. The Morgan fingerprint density at radius 1 is 1.40 bits per heavy atom. The predicted molar refractivity (Wildman–Crippen MR) is 54.1 cm³/mol. The van der Waals surface area contributed by atoms with E-state index in [1.54, 1.807) is 0 Å². The highest BCUT2D eigenvalue weighted by molar-refractivity contribution is 6.15. The Morgan fingerprint density at radius 3 is 2.73 bits per heavy atom. The number of imide groups is 1. The maximum atomic E-state index is 11.7. The van der Waals surface area contributed by atoms with E-state index in [1.165, 1.54) is 0 Å². The van der Waals surface area contributed by atoms with Gasteiger partial charge in [0.15, 0.2) is 0 Å². The molecule has 1 aromatic carbocycles. The molecule has 1 saturated carbocycles. The lowest BCUT2D eigenvalue weighted by Gasteiger charge is -2.10. The van der Waals surface area contributed by atoms with E-state index in [-0.39, 0.29) is 17.7 Å². The molecule has 1 heterocycles. The van der Waals surface area contributed by atoms with Crippen molar-refractivity contribution in [3.63, 3.8) is 0 Å². The molecule has 0 bridgehead atoms.